The lowest BCUT2D eigenvalue weighted by molar-refractivity contribution is 0.316. The highest BCUT2D eigenvalue weighted by molar-refractivity contribution is 6.00. The quantitative estimate of drug-likeness (QED) is 0.392. The molecule has 2 nitrogen and oxygen atoms in total. The number of nitrogens with zero attached hydrogens (tertiary/aromatic N) is 1. The molecular formula is C8H8FNO. The van der Waals surface area contributed by atoms with Gasteiger partial charge in [-0.25, -0.2) is 4.39 Å². The first kappa shape index (κ1) is 7.72. The molecule has 58 valence electrons. The molecule has 0 bridgehead atoms. The smallest absolute Gasteiger partial charge is 0.135 e. The Morgan fingerprint density at radius 3 is 2.45 bits per heavy atom. The highest BCUT2D eigenvalue weighted by Crippen LogP contribution is 2.00. The molecule has 3 heteroatoms. The summed E-state index contributed by atoms with van der Waals surface area (Å²) in [5.41, 5.74) is 0.670. The highest BCUT2D eigenvalue weighted by Gasteiger charge is 2.00. The molecule has 0 spiro atoms. The van der Waals surface area contributed by atoms with Gasteiger partial charge in [-0.2, -0.15) is 0 Å². The SMILES string of the molecule is O/N=C(\CF)c1ccccc1. The van der Waals surface area contributed by atoms with Gasteiger partial charge in [0, 0.05) is 5.56 Å². The fourth-order valence-corrected chi connectivity index (χ4v) is 0.792. The Morgan fingerprint density at radius 1 is 1.36 bits per heavy atom. The van der Waals surface area contributed by atoms with Crippen LogP contribution in [0.2, 0.25) is 0 Å². The van der Waals surface area contributed by atoms with E-state index in [-0.39, 0.29) is 5.71 Å². The van der Waals surface area contributed by atoms with Gasteiger partial charge in [0.15, 0.2) is 0 Å². The average molecular weight is 153 g/mol. The Kier molecular flexibility index (Phi) is 2.60. The Labute approximate surface area is 64.0 Å². The molecule has 0 aliphatic rings. The Bertz CT molecular complexity index is 246. The van der Waals surface area contributed by atoms with Gasteiger partial charge in [0.1, 0.15) is 12.4 Å². The third-order valence-electron chi connectivity index (χ3n) is 1.35. The van der Waals surface area contributed by atoms with Crippen LogP contribution in [-0.2, 0) is 0 Å². The summed E-state index contributed by atoms with van der Waals surface area (Å²) in [4.78, 5) is 0. The van der Waals surface area contributed by atoms with Crippen molar-refractivity contribution in [2.75, 3.05) is 6.67 Å². The van der Waals surface area contributed by atoms with Gasteiger partial charge < -0.3 is 5.21 Å². The largest absolute Gasteiger partial charge is 0.411 e. The third kappa shape index (κ3) is 1.77. The van der Waals surface area contributed by atoms with Crippen LogP contribution in [0.1, 0.15) is 5.56 Å². The molecule has 1 aromatic carbocycles. The predicted molar refractivity (Wildman–Crippen MR) is 40.7 cm³/mol. The predicted octanol–water partition coefficient (Wildman–Crippen LogP) is 1.83. The van der Waals surface area contributed by atoms with Crippen molar-refractivity contribution in [3.05, 3.63) is 35.9 Å². The molecule has 0 heterocycles. The van der Waals surface area contributed by atoms with E-state index < -0.39 is 6.67 Å². The van der Waals surface area contributed by atoms with Gasteiger partial charge in [0.05, 0.1) is 0 Å². The van der Waals surface area contributed by atoms with Gasteiger partial charge in [-0.15, -0.1) is 0 Å². The molecular weight excluding hydrogens is 145 g/mol. The molecule has 11 heavy (non-hydrogen) atoms. The van der Waals surface area contributed by atoms with E-state index in [4.69, 9.17) is 5.21 Å². The molecule has 0 amide bonds. The van der Waals surface area contributed by atoms with E-state index in [1.165, 1.54) is 0 Å². The maximum Gasteiger partial charge on any atom is 0.135 e. The fraction of sp³-hybridized carbons (Fsp3) is 0.125. The third-order valence-corrected chi connectivity index (χ3v) is 1.35. The van der Waals surface area contributed by atoms with E-state index in [0.29, 0.717) is 5.56 Å². The lowest BCUT2D eigenvalue weighted by Gasteiger charge is -1.96. The number of hydrogen-bond acceptors (Lipinski definition) is 2. The fourth-order valence-electron chi connectivity index (χ4n) is 0.792. The van der Waals surface area contributed by atoms with Crippen LogP contribution in [0, 0.1) is 0 Å². The molecule has 0 saturated carbocycles. The van der Waals surface area contributed by atoms with Gasteiger partial charge in [0.25, 0.3) is 0 Å². The molecule has 0 atom stereocenters. The zero-order valence-electron chi connectivity index (χ0n) is 5.87. The summed E-state index contributed by atoms with van der Waals surface area (Å²) < 4.78 is 12.1. The average Bonchev–Trinajstić information content (AvgIpc) is 2.09. The van der Waals surface area contributed by atoms with Crippen molar-refractivity contribution in [2.24, 2.45) is 5.16 Å². The van der Waals surface area contributed by atoms with Crippen LogP contribution < -0.4 is 0 Å². The topological polar surface area (TPSA) is 32.6 Å². The molecule has 0 unspecified atom stereocenters. The van der Waals surface area contributed by atoms with E-state index >= 15 is 0 Å². The first-order chi connectivity index (χ1) is 5.38. The minimum atomic E-state index is -0.749. The lowest BCUT2D eigenvalue weighted by atomic mass is 10.1. The van der Waals surface area contributed by atoms with Crippen LogP contribution >= 0.6 is 0 Å². The van der Waals surface area contributed by atoms with Crippen LogP contribution in [-0.4, -0.2) is 17.6 Å². The maximum atomic E-state index is 12.1. The normalized spacial score (nSPS) is 11.5. The van der Waals surface area contributed by atoms with Crippen molar-refractivity contribution in [2.45, 2.75) is 0 Å². The van der Waals surface area contributed by atoms with E-state index in [2.05, 4.69) is 5.16 Å². The molecule has 0 aliphatic heterocycles. The van der Waals surface area contributed by atoms with Gasteiger partial charge in [-0.1, -0.05) is 35.5 Å². The lowest BCUT2D eigenvalue weighted by Crippen LogP contribution is -2.02. The van der Waals surface area contributed by atoms with E-state index in [1.54, 1.807) is 24.3 Å². The number of oxime groups is 1. The molecule has 1 rings (SSSR count). The van der Waals surface area contributed by atoms with Crippen molar-refractivity contribution >= 4 is 5.71 Å². The number of hydrogen-bond donors (Lipinski definition) is 1. The maximum absolute atomic E-state index is 12.1. The van der Waals surface area contributed by atoms with Gasteiger partial charge in [-0.3, -0.25) is 0 Å². The van der Waals surface area contributed by atoms with Crippen molar-refractivity contribution in [1.82, 2.24) is 0 Å². The minimum absolute atomic E-state index is 0.0607. The van der Waals surface area contributed by atoms with Crippen molar-refractivity contribution in [3.8, 4) is 0 Å². The molecule has 0 fully saturated rings. The number of benzene rings is 1. The van der Waals surface area contributed by atoms with Crippen molar-refractivity contribution < 1.29 is 9.60 Å². The van der Waals surface area contributed by atoms with Crippen LogP contribution in [0.4, 0.5) is 4.39 Å². The van der Waals surface area contributed by atoms with Gasteiger partial charge in [-0.05, 0) is 0 Å². The second-order valence-electron chi connectivity index (χ2n) is 2.05. The first-order valence-electron chi connectivity index (χ1n) is 3.21. The monoisotopic (exact) mass is 153 g/mol. The standard InChI is InChI=1S/C8H8FNO/c9-6-8(10-11)7-4-2-1-3-5-7/h1-5,11H,6H2/b10-8+. The molecule has 1 N–H and O–H groups in total. The zero-order chi connectivity index (χ0) is 8.10. The summed E-state index contributed by atoms with van der Waals surface area (Å²) >= 11 is 0. The van der Waals surface area contributed by atoms with E-state index in [9.17, 15) is 4.39 Å². The first-order valence-corrected chi connectivity index (χ1v) is 3.21. The zero-order valence-corrected chi connectivity index (χ0v) is 5.87. The Hall–Kier alpha value is -1.38. The number of rotatable bonds is 2. The summed E-state index contributed by atoms with van der Waals surface area (Å²) in [5, 5.41) is 11.1. The molecule has 0 aromatic heterocycles. The Balaban J connectivity index is 2.92. The number of alkyl halides is 1. The molecule has 0 saturated heterocycles. The molecule has 0 aliphatic carbocycles. The minimum Gasteiger partial charge on any atom is -0.411 e. The van der Waals surface area contributed by atoms with Gasteiger partial charge in [0.2, 0.25) is 0 Å². The molecule has 1 aromatic rings. The van der Waals surface area contributed by atoms with Crippen molar-refractivity contribution in [3.63, 3.8) is 0 Å². The van der Waals surface area contributed by atoms with E-state index in [0.717, 1.165) is 0 Å². The van der Waals surface area contributed by atoms with E-state index in [1.807, 2.05) is 6.07 Å². The summed E-state index contributed by atoms with van der Waals surface area (Å²) in [6, 6.07) is 8.71. The Morgan fingerprint density at radius 2 is 2.00 bits per heavy atom. The summed E-state index contributed by atoms with van der Waals surface area (Å²) in [5.74, 6) is 0. The summed E-state index contributed by atoms with van der Waals surface area (Å²) in [6.45, 7) is -0.749. The number of halogens is 1. The van der Waals surface area contributed by atoms with Gasteiger partial charge >= 0.3 is 0 Å². The van der Waals surface area contributed by atoms with Crippen LogP contribution in [0.25, 0.3) is 0 Å². The summed E-state index contributed by atoms with van der Waals surface area (Å²) in [6.07, 6.45) is 0. The second kappa shape index (κ2) is 3.71. The van der Waals surface area contributed by atoms with Crippen LogP contribution in [0.15, 0.2) is 35.5 Å². The highest BCUT2D eigenvalue weighted by atomic mass is 19.1. The van der Waals surface area contributed by atoms with Crippen LogP contribution in [0.5, 0.6) is 0 Å². The molecule has 0 radical (unpaired) electrons. The second-order valence-corrected chi connectivity index (χ2v) is 2.05. The summed E-state index contributed by atoms with van der Waals surface area (Å²) in [7, 11) is 0. The van der Waals surface area contributed by atoms with Crippen LogP contribution in [0.3, 0.4) is 0 Å². The van der Waals surface area contributed by atoms with Crippen molar-refractivity contribution in [1.29, 1.82) is 0 Å².